The summed E-state index contributed by atoms with van der Waals surface area (Å²) in [6.07, 6.45) is 3.42. The van der Waals surface area contributed by atoms with Gasteiger partial charge < -0.3 is 28.7 Å². The van der Waals surface area contributed by atoms with E-state index in [-0.39, 0.29) is 49.9 Å². The fourth-order valence-corrected chi connectivity index (χ4v) is 5.44. The van der Waals surface area contributed by atoms with Crippen molar-refractivity contribution < 1.29 is 38.1 Å². The van der Waals surface area contributed by atoms with Gasteiger partial charge in [0, 0.05) is 12.1 Å². The molecule has 2 aliphatic rings. The molecule has 0 saturated carbocycles. The average Bonchev–Trinajstić information content (AvgIpc) is 3.32. The Labute approximate surface area is 175 Å². The van der Waals surface area contributed by atoms with Crippen molar-refractivity contribution >= 4 is 13.6 Å². The molecule has 1 aromatic heterocycles. The number of fused-ring (bicyclic) bond motifs is 5. The zero-order valence-corrected chi connectivity index (χ0v) is 18.3. The van der Waals surface area contributed by atoms with E-state index >= 15 is 0 Å². The van der Waals surface area contributed by atoms with Gasteiger partial charge in [0.1, 0.15) is 12.7 Å². The molecule has 2 unspecified atom stereocenters. The highest BCUT2D eigenvalue weighted by Gasteiger charge is 2.53. The molecular weight excluding hydrogens is 413 g/mol. The number of nitrogens with zero attached hydrogens (tertiary/aromatic N) is 1. The molecule has 0 fully saturated rings. The Kier molecular flexibility index (Phi) is 6.48. The van der Waals surface area contributed by atoms with Crippen molar-refractivity contribution in [3.8, 4) is 11.8 Å². The fraction of sp³-hybridized carbons (Fsp3) is 0.550. The topological polar surface area (TPSA) is 116 Å². The van der Waals surface area contributed by atoms with E-state index in [9.17, 15) is 19.6 Å². The zero-order chi connectivity index (χ0) is 22.1. The predicted molar refractivity (Wildman–Crippen MR) is 109 cm³/mol. The Morgan fingerprint density at radius 3 is 2.57 bits per heavy atom. The van der Waals surface area contributed by atoms with Gasteiger partial charge in [-0.2, -0.15) is 0 Å². The van der Waals surface area contributed by atoms with Gasteiger partial charge in [0.2, 0.25) is 11.8 Å². The molecule has 2 aliphatic heterocycles. The Balaban J connectivity index is 1.78. The van der Waals surface area contributed by atoms with E-state index in [0.717, 1.165) is 0 Å². The van der Waals surface area contributed by atoms with Crippen LogP contribution in [0.4, 0.5) is 0 Å². The minimum absolute atomic E-state index is 0.132. The van der Waals surface area contributed by atoms with Crippen LogP contribution < -0.4 is 0 Å². The number of carbonyl (C=O) groups is 1. The van der Waals surface area contributed by atoms with Crippen molar-refractivity contribution in [3.05, 3.63) is 35.4 Å². The molecule has 0 aliphatic carbocycles. The summed E-state index contributed by atoms with van der Waals surface area (Å²) >= 11 is 0. The molecule has 0 spiro atoms. The first-order chi connectivity index (χ1) is 14.2. The summed E-state index contributed by atoms with van der Waals surface area (Å²) in [5.41, 5.74) is -0.0936. The summed E-state index contributed by atoms with van der Waals surface area (Å²) in [7, 11) is -3.22. The second-order valence-electron chi connectivity index (χ2n) is 7.25. The lowest BCUT2D eigenvalue weighted by Gasteiger charge is -2.23. The molecule has 2 N–H and O–H groups in total. The lowest BCUT2D eigenvalue weighted by Crippen LogP contribution is -2.29. The van der Waals surface area contributed by atoms with E-state index in [4.69, 9.17) is 18.5 Å². The summed E-state index contributed by atoms with van der Waals surface area (Å²) in [4.78, 5) is 11.8. The number of hydrogen-bond acceptors (Lipinski definition) is 8. The van der Waals surface area contributed by atoms with Gasteiger partial charge in [-0.25, -0.2) is 4.79 Å². The molecule has 3 rings (SSSR count). The predicted octanol–water partition coefficient (Wildman–Crippen LogP) is 3.51. The number of ether oxygens (including phenoxy) is 2. The summed E-state index contributed by atoms with van der Waals surface area (Å²) in [6, 6.07) is 0. The van der Waals surface area contributed by atoms with Gasteiger partial charge in [-0.1, -0.05) is 12.7 Å². The monoisotopic (exact) mass is 441 g/mol. The Morgan fingerprint density at radius 2 is 1.97 bits per heavy atom. The third-order valence-corrected chi connectivity index (χ3v) is 7.23. The molecule has 0 saturated heterocycles. The largest absolute Gasteiger partial charge is 0.494 e. The smallest absolute Gasteiger partial charge is 0.333 e. The van der Waals surface area contributed by atoms with Crippen LogP contribution >= 0.6 is 7.60 Å². The van der Waals surface area contributed by atoms with Crippen LogP contribution in [-0.2, 0) is 40.0 Å². The molecule has 1 aromatic rings. The van der Waals surface area contributed by atoms with Crippen LogP contribution in [-0.4, -0.2) is 46.7 Å². The highest BCUT2D eigenvalue weighted by atomic mass is 31.2. The highest BCUT2D eigenvalue weighted by Crippen LogP contribution is 2.58. The first kappa shape index (κ1) is 22.6. The lowest BCUT2D eigenvalue weighted by molar-refractivity contribution is -0.147. The third-order valence-electron chi connectivity index (χ3n) is 5.06. The van der Waals surface area contributed by atoms with Crippen molar-refractivity contribution in [2.24, 2.45) is 0 Å². The average molecular weight is 441 g/mol. The number of hydrogen-bond donors (Lipinski definition) is 2. The Bertz CT molecular complexity index is 910. The minimum atomic E-state index is -3.22. The second kappa shape index (κ2) is 8.59. The van der Waals surface area contributed by atoms with E-state index in [1.54, 1.807) is 26.0 Å². The minimum Gasteiger partial charge on any atom is -0.494 e. The standard InChI is InChI=1S/C20H28NO8P/c1-5-27-30(25,28-6-2)11-7-10-21-17(22)15-14-8-9-20(29-14,16(15)18(21)23)12-26-19(24)13(3)4/h8-9,14,22-23H,3,5-7,10-12H2,1-2,4H3. The molecule has 0 aromatic carbocycles. The Hall–Kier alpha value is -2.06. The lowest BCUT2D eigenvalue weighted by atomic mass is 9.90. The van der Waals surface area contributed by atoms with Gasteiger partial charge in [-0.3, -0.25) is 9.13 Å². The van der Waals surface area contributed by atoms with Crippen LogP contribution in [0.3, 0.4) is 0 Å². The molecule has 166 valence electrons. The van der Waals surface area contributed by atoms with E-state index < -0.39 is 25.3 Å². The zero-order valence-electron chi connectivity index (χ0n) is 17.4. The van der Waals surface area contributed by atoms with Crippen LogP contribution in [0, 0.1) is 0 Å². The summed E-state index contributed by atoms with van der Waals surface area (Å²) in [5.74, 6) is -0.875. The van der Waals surface area contributed by atoms with Crippen molar-refractivity contribution in [1.82, 2.24) is 4.57 Å². The molecule has 0 radical (unpaired) electrons. The van der Waals surface area contributed by atoms with Gasteiger partial charge in [0.25, 0.3) is 0 Å². The molecule has 2 atom stereocenters. The van der Waals surface area contributed by atoms with E-state index in [2.05, 4.69) is 6.58 Å². The summed E-state index contributed by atoms with van der Waals surface area (Å²) in [5, 5.41) is 21.5. The normalized spacial score (nSPS) is 21.8. The maximum absolute atomic E-state index is 12.6. The number of carbonyl (C=O) groups excluding carboxylic acids is 1. The van der Waals surface area contributed by atoms with Crippen molar-refractivity contribution in [2.75, 3.05) is 26.0 Å². The van der Waals surface area contributed by atoms with Crippen LogP contribution in [0.5, 0.6) is 11.8 Å². The van der Waals surface area contributed by atoms with Gasteiger partial charge in [-0.05, 0) is 33.3 Å². The van der Waals surface area contributed by atoms with Crippen molar-refractivity contribution in [3.63, 3.8) is 0 Å². The molecule has 9 nitrogen and oxygen atoms in total. The van der Waals surface area contributed by atoms with E-state index in [0.29, 0.717) is 17.5 Å². The van der Waals surface area contributed by atoms with Crippen LogP contribution in [0.1, 0.15) is 44.4 Å². The van der Waals surface area contributed by atoms with Crippen molar-refractivity contribution in [2.45, 2.75) is 45.4 Å². The van der Waals surface area contributed by atoms with Gasteiger partial charge in [0.15, 0.2) is 5.60 Å². The quantitative estimate of drug-likeness (QED) is 0.232. The first-order valence-electron chi connectivity index (χ1n) is 9.90. The summed E-state index contributed by atoms with van der Waals surface area (Å²) in [6.45, 7) is 9.14. The molecule has 3 heterocycles. The van der Waals surface area contributed by atoms with Crippen LogP contribution in [0.25, 0.3) is 0 Å². The SMILES string of the molecule is C=C(C)C(=O)OCC12C=CC(O1)c1c2c(O)n(CCCP(=O)(OCC)OCC)c1O. The molecule has 10 heteroatoms. The second-order valence-corrected chi connectivity index (χ2v) is 9.44. The number of aromatic hydroxyl groups is 2. The van der Waals surface area contributed by atoms with Gasteiger partial charge >= 0.3 is 13.6 Å². The number of esters is 1. The van der Waals surface area contributed by atoms with Gasteiger partial charge in [0.05, 0.1) is 30.5 Å². The Morgan fingerprint density at radius 1 is 1.30 bits per heavy atom. The molecule has 30 heavy (non-hydrogen) atoms. The number of aromatic nitrogens is 1. The molecule has 0 amide bonds. The maximum atomic E-state index is 12.6. The van der Waals surface area contributed by atoms with E-state index in [1.165, 1.54) is 11.5 Å². The first-order valence-corrected chi connectivity index (χ1v) is 11.6. The third kappa shape index (κ3) is 3.95. The van der Waals surface area contributed by atoms with E-state index in [1.807, 2.05) is 0 Å². The van der Waals surface area contributed by atoms with Crippen LogP contribution in [0.15, 0.2) is 24.3 Å². The highest BCUT2D eigenvalue weighted by molar-refractivity contribution is 7.53. The molecular formula is C20H28NO8P. The fourth-order valence-electron chi connectivity index (χ4n) is 3.79. The summed E-state index contributed by atoms with van der Waals surface area (Å²) < 4.78 is 35.7. The maximum Gasteiger partial charge on any atom is 0.333 e. The molecule has 2 bridgehead atoms. The van der Waals surface area contributed by atoms with Gasteiger partial charge in [-0.15, -0.1) is 0 Å². The van der Waals surface area contributed by atoms with Crippen LogP contribution in [0.2, 0.25) is 0 Å². The number of rotatable bonds is 11. The van der Waals surface area contributed by atoms with Crippen molar-refractivity contribution in [1.29, 1.82) is 0 Å².